The van der Waals surface area contributed by atoms with Crippen molar-refractivity contribution in [3.05, 3.63) is 152 Å². The Morgan fingerprint density at radius 3 is 1.43 bits per heavy atom. The number of halogens is 10. The van der Waals surface area contributed by atoms with Crippen LogP contribution >= 0.6 is 0 Å². The molecular weight excluding hydrogens is 945 g/mol. The molecule has 8 rings (SSSR count). The molecule has 0 N–H and O–H groups in total. The third-order valence-corrected chi connectivity index (χ3v) is 14.8. The lowest BCUT2D eigenvalue weighted by Gasteiger charge is -2.26. The summed E-state index contributed by atoms with van der Waals surface area (Å²) in [5.41, 5.74) is 11.7. The number of aromatic nitrogens is 1. The maximum absolute atomic E-state index is 14.9. The van der Waals surface area contributed by atoms with Crippen LogP contribution in [0.15, 0.2) is 95.6 Å². The molecule has 1 aliphatic heterocycles. The zero-order valence-electron chi connectivity index (χ0n) is 41.4. The second-order valence-corrected chi connectivity index (χ2v) is 20.0. The molecule has 4 aromatic carbocycles. The van der Waals surface area contributed by atoms with Gasteiger partial charge in [0.25, 0.3) is 0 Å². The number of rotatable bonds is 14. The molecule has 72 heavy (non-hydrogen) atoms. The zero-order chi connectivity index (χ0) is 51.9. The van der Waals surface area contributed by atoms with Gasteiger partial charge < -0.3 is 13.8 Å². The van der Waals surface area contributed by atoms with E-state index >= 15 is 0 Å². The Balaban J connectivity index is 1.41. The van der Waals surface area contributed by atoms with E-state index in [9.17, 15) is 43.9 Å². The maximum Gasteiger partial charge on any atom is 0.598 e. The summed E-state index contributed by atoms with van der Waals surface area (Å²) in [7, 11) is -2.71. The molecule has 1 aromatic heterocycles. The van der Waals surface area contributed by atoms with Gasteiger partial charge in [0.05, 0.1) is 11.4 Å². The van der Waals surface area contributed by atoms with Gasteiger partial charge in [0, 0.05) is 28.1 Å². The molecular formula is C57H59BF10N2O2. The van der Waals surface area contributed by atoms with Gasteiger partial charge in [-0.25, -0.2) is 4.99 Å². The van der Waals surface area contributed by atoms with Crippen molar-refractivity contribution < 1.29 is 53.2 Å². The van der Waals surface area contributed by atoms with E-state index in [1.54, 1.807) is 24.3 Å². The van der Waals surface area contributed by atoms with Gasteiger partial charge in [-0.05, 0) is 158 Å². The molecule has 2 aliphatic carbocycles. The van der Waals surface area contributed by atoms with Crippen LogP contribution in [-0.4, -0.2) is 54.9 Å². The number of hydrogen-bond acceptors (Lipinski definition) is 3. The average molecular weight is 1000 g/mol. The van der Waals surface area contributed by atoms with E-state index in [0.717, 1.165) is 107 Å². The normalized spacial score (nSPS) is 17.2. The Hall–Kier alpha value is -5.41. The third-order valence-electron chi connectivity index (χ3n) is 14.8. The fraction of sp³-hybridized carbons (Fsp3) is 0.421. The number of benzene rings is 4. The number of alkyl halides is 10. The second-order valence-electron chi connectivity index (χ2n) is 20.0. The molecule has 5 aromatic rings. The largest absolute Gasteiger partial charge is 0.598 e. The molecule has 0 unspecified atom stereocenters. The van der Waals surface area contributed by atoms with Crippen LogP contribution in [0.2, 0.25) is 0 Å². The minimum atomic E-state index is -6.18. The van der Waals surface area contributed by atoms with Crippen LogP contribution in [0.4, 0.5) is 43.9 Å². The number of aryl methyl sites for hydroxylation is 6. The number of aliphatic imine (C=N–C) groups is 1. The molecule has 382 valence electrons. The summed E-state index contributed by atoms with van der Waals surface area (Å²) in [5.74, 6) is -10.5. The summed E-state index contributed by atoms with van der Waals surface area (Å²) in [6.45, 7) is 6.49. The lowest BCUT2D eigenvalue weighted by molar-refractivity contribution is -0.295. The highest BCUT2D eigenvalue weighted by Crippen LogP contribution is 2.44. The van der Waals surface area contributed by atoms with Crippen molar-refractivity contribution in [3.63, 3.8) is 0 Å². The van der Waals surface area contributed by atoms with Crippen molar-refractivity contribution in [2.75, 3.05) is 13.2 Å². The van der Waals surface area contributed by atoms with Gasteiger partial charge in [0.2, 0.25) is 0 Å². The van der Waals surface area contributed by atoms with Crippen molar-refractivity contribution in [1.82, 2.24) is 4.48 Å². The first kappa shape index (κ1) is 52.9. The fourth-order valence-corrected chi connectivity index (χ4v) is 10.3. The van der Waals surface area contributed by atoms with Crippen LogP contribution in [0.5, 0.6) is 0 Å². The minimum Gasteiger partial charge on any atom is -0.385 e. The molecule has 2 heterocycles. The average Bonchev–Trinajstić information content (AvgIpc) is 3.93. The summed E-state index contributed by atoms with van der Waals surface area (Å²) >= 11 is 0. The van der Waals surface area contributed by atoms with Crippen LogP contribution in [0, 0.1) is 41.5 Å². The standard InChI is InChI=1S/C57H59BF10N2O2/c1-34-25-38(5)46(27-36(34)3)48-29-50(44-21-17-42(18-22-44)40-13-9-7-10-14-40)69-51(48)31-53-49(47-28-37(4)35(2)26-39(47)6)30-52(45-23-19-43(20-24-45)41-15-11-8-12-16-41)70(53)58(71-32-54(59,60)56(63,64)65)72-33-55(61,62)57(66,67)68/h17-31,40-41H,7-16,32-33H2,1-6H3/b51-31-. The highest BCUT2D eigenvalue weighted by molar-refractivity contribution is 6.44. The van der Waals surface area contributed by atoms with Crippen LogP contribution in [-0.2, 0) is 9.31 Å². The molecule has 0 amide bonds. The lowest BCUT2D eigenvalue weighted by Crippen LogP contribution is -2.48. The quantitative estimate of drug-likeness (QED) is 0.0821. The second kappa shape index (κ2) is 20.8. The van der Waals surface area contributed by atoms with E-state index in [1.165, 1.54) is 12.0 Å². The number of nitrogens with zero attached hydrogens (tertiary/aromatic N) is 2. The van der Waals surface area contributed by atoms with E-state index in [1.807, 2.05) is 96.1 Å². The molecule has 15 heteroatoms. The molecule has 2 saturated carbocycles. The lowest BCUT2D eigenvalue weighted by atomic mass is 9.84. The van der Waals surface area contributed by atoms with Gasteiger partial charge in [-0.15, -0.1) is 0 Å². The van der Waals surface area contributed by atoms with Crippen LogP contribution < -0.4 is 0 Å². The number of allylic oxidation sites excluding steroid dienone is 2. The van der Waals surface area contributed by atoms with Crippen LogP contribution in [0.1, 0.15) is 137 Å². The molecule has 0 bridgehead atoms. The van der Waals surface area contributed by atoms with Crippen molar-refractivity contribution in [1.29, 1.82) is 0 Å². The molecule has 0 spiro atoms. The van der Waals surface area contributed by atoms with E-state index in [0.29, 0.717) is 39.5 Å². The number of hydrogen-bond donors (Lipinski definition) is 0. The predicted molar refractivity (Wildman–Crippen MR) is 266 cm³/mol. The van der Waals surface area contributed by atoms with E-state index in [4.69, 9.17) is 14.3 Å². The molecule has 0 atom stereocenters. The molecule has 0 radical (unpaired) electrons. The fourth-order valence-electron chi connectivity index (χ4n) is 10.3. The summed E-state index contributed by atoms with van der Waals surface area (Å²) in [6.07, 6.45) is 1.82. The summed E-state index contributed by atoms with van der Waals surface area (Å²) in [5, 5.41) is 0. The van der Waals surface area contributed by atoms with Gasteiger partial charge in [-0.3, -0.25) is 0 Å². The molecule has 2 fully saturated rings. The molecule has 0 saturated heterocycles. The summed E-state index contributed by atoms with van der Waals surface area (Å²) < 4.78 is 154. The van der Waals surface area contributed by atoms with E-state index in [-0.39, 0.29) is 23.0 Å². The van der Waals surface area contributed by atoms with E-state index < -0.39 is 44.7 Å². The molecule has 4 nitrogen and oxygen atoms in total. The van der Waals surface area contributed by atoms with Crippen LogP contribution in [0.3, 0.4) is 0 Å². The zero-order valence-corrected chi connectivity index (χ0v) is 41.4. The van der Waals surface area contributed by atoms with E-state index in [2.05, 4.69) is 12.1 Å². The Bertz CT molecular complexity index is 2830. The highest BCUT2D eigenvalue weighted by Gasteiger charge is 2.60. The highest BCUT2D eigenvalue weighted by atomic mass is 19.4. The first-order valence-electron chi connectivity index (χ1n) is 24.7. The van der Waals surface area contributed by atoms with Crippen molar-refractivity contribution in [2.24, 2.45) is 4.99 Å². The van der Waals surface area contributed by atoms with Gasteiger partial charge in [-0.1, -0.05) is 111 Å². The van der Waals surface area contributed by atoms with Crippen LogP contribution in [0.25, 0.3) is 34.0 Å². The SMILES string of the molecule is Cc1cc(C)c(C2=CC(c3ccc(C4CCCCC4)cc3)=N/C2=C\c2c(-c3cc(C)c(C)cc3C)cc(-c3ccc(C4CCCCC4)cc3)n2B(OCC(F)(F)C(F)(F)F)OCC(F)(F)C(F)(F)F)cc1C. The Morgan fingerprint density at radius 2 is 0.958 bits per heavy atom. The first-order valence-corrected chi connectivity index (χ1v) is 24.7. The topological polar surface area (TPSA) is 35.8 Å². The van der Waals surface area contributed by atoms with Gasteiger partial charge >= 0.3 is 31.5 Å². The summed E-state index contributed by atoms with van der Waals surface area (Å²) in [6, 6.07) is 24.7. The monoisotopic (exact) mass is 1000 g/mol. The predicted octanol–water partition coefficient (Wildman–Crippen LogP) is 17.0. The Kier molecular flexibility index (Phi) is 15.3. The minimum absolute atomic E-state index is 0.0220. The third kappa shape index (κ3) is 11.2. The van der Waals surface area contributed by atoms with Crippen molar-refractivity contribution in [3.8, 4) is 22.4 Å². The van der Waals surface area contributed by atoms with Crippen molar-refractivity contribution >= 4 is 24.6 Å². The van der Waals surface area contributed by atoms with Gasteiger partial charge in [0.1, 0.15) is 13.2 Å². The smallest absolute Gasteiger partial charge is 0.385 e. The Labute approximate surface area is 415 Å². The first-order chi connectivity index (χ1) is 33.9. The Morgan fingerprint density at radius 1 is 0.528 bits per heavy atom. The summed E-state index contributed by atoms with van der Waals surface area (Å²) in [4.78, 5) is 5.17. The maximum atomic E-state index is 14.9. The van der Waals surface area contributed by atoms with Gasteiger partial charge in [0.15, 0.2) is 0 Å². The molecule has 3 aliphatic rings. The van der Waals surface area contributed by atoms with Crippen molar-refractivity contribution in [2.45, 2.75) is 142 Å². The van der Waals surface area contributed by atoms with Gasteiger partial charge in [-0.2, -0.15) is 43.9 Å².